The van der Waals surface area contributed by atoms with E-state index in [0.29, 0.717) is 31.7 Å². The Kier molecular flexibility index (Phi) is 6.50. The molecule has 0 bridgehead atoms. The topological polar surface area (TPSA) is 59.7 Å². The van der Waals surface area contributed by atoms with E-state index in [-0.39, 0.29) is 24.2 Å². The fourth-order valence-corrected chi connectivity index (χ4v) is 6.35. The third-order valence-electron chi connectivity index (χ3n) is 8.55. The van der Waals surface area contributed by atoms with Crippen molar-refractivity contribution in [3.8, 4) is 11.3 Å². The molecule has 1 fully saturated rings. The summed E-state index contributed by atoms with van der Waals surface area (Å²) in [7, 11) is 0. The summed E-state index contributed by atoms with van der Waals surface area (Å²) in [6, 6.07) is 30.3. The Morgan fingerprint density at radius 1 is 0.857 bits per heavy atom. The molecule has 3 heterocycles. The van der Waals surface area contributed by atoms with Gasteiger partial charge in [-0.2, -0.15) is 0 Å². The Bertz CT molecular complexity index is 1790. The number of H-pyrrole nitrogens is 1. The van der Waals surface area contributed by atoms with Crippen LogP contribution in [0.5, 0.6) is 0 Å². The number of rotatable bonds is 5. The largest absolute Gasteiger partial charge is 0.368 e. The van der Waals surface area contributed by atoms with Crippen LogP contribution in [0.15, 0.2) is 97.1 Å². The number of nitrogens with one attached hydrogen (secondary N) is 1. The minimum atomic E-state index is -0.411. The fraction of sp³-hybridized carbons (Fsp3) is 0.200. The molecule has 6 nitrogen and oxygen atoms in total. The number of hydrogen-bond acceptors (Lipinski definition) is 3. The van der Waals surface area contributed by atoms with E-state index in [0.717, 1.165) is 39.0 Å². The van der Waals surface area contributed by atoms with E-state index >= 15 is 0 Å². The number of halogens is 1. The number of aromatic amines is 1. The quantitative estimate of drug-likeness (QED) is 0.280. The first-order chi connectivity index (χ1) is 20.5. The number of amides is 2. The highest BCUT2D eigenvalue weighted by Gasteiger charge is 2.41. The van der Waals surface area contributed by atoms with E-state index in [9.17, 15) is 14.0 Å². The van der Waals surface area contributed by atoms with E-state index < -0.39 is 6.04 Å². The van der Waals surface area contributed by atoms with Gasteiger partial charge in [0.05, 0.1) is 11.7 Å². The molecule has 5 aromatic rings. The zero-order valence-electron chi connectivity index (χ0n) is 23.4. The van der Waals surface area contributed by atoms with Crippen LogP contribution in [0.25, 0.3) is 22.2 Å². The van der Waals surface area contributed by atoms with Crippen molar-refractivity contribution in [3.05, 3.63) is 125 Å². The van der Waals surface area contributed by atoms with E-state index in [1.54, 1.807) is 17.0 Å². The highest BCUT2D eigenvalue weighted by molar-refractivity contribution is 6.03. The lowest BCUT2D eigenvalue weighted by atomic mass is 9.93. The summed E-state index contributed by atoms with van der Waals surface area (Å²) in [6.07, 6.45) is 0. The first-order valence-electron chi connectivity index (χ1n) is 14.3. The SMILES string of the molecule is Cc1ccc(-c2[nH]c3ccccc3c2[C@@H]2c3ccccc3C(=O)N2CC(=O)N2CCN(c3ccc(F)cc3)CC2)cc1. The fourth-order valence-electron chi connectivity index (χ4n) is 6.35. The van der Waals surface area contributed by atoms with Crippen LogP contribution < -0.4 is 4.90 Å². The van der Waals surface area contributed by atoms with Gasteiger partial charge in [0, 0.05) is 53.9 Å². The van der Waals surface area contributed by atoms with Gasteiger partial charge in [-0.25, -0.2) is 4.39 Å². The second kappa shape index (κ2) is 10.5. The molecule has 1 atom stereocenters. The van der Waals surface area contributed by atoms with Gasteiger partial charge in [-0.05, 0) is 54.4 Å². The molecule has 4 aromatic carbocycles. The molecule has 0 unspecified atom stereocenters. The van der Waals surface area contributed by atoms with Crippen molar-refractivity contribution < 1.29 is 14.0 Å². The van der Waals surface area contributed by atoms with Gasteiger partial charge in [-0.15, -0.1) is 0 Å². The summed E-state index contributed by atoms with van der Waals surface area (Å²) in [5.74, 6) is -0.468. The molecule has 0 spiro atoms. The molecule has 0 aliphatic carbocycles. The van der Waals surface area contributed by atoms with Crippen LogP contribution in [0.3, 0.4) is 0 Å². The molecular weight excluding hydrogens is 527 g/mol. The molecule has 2 amide bonds. The second-order valence-electron chi connectivity index (χ2n) is 11.1. The molecule has 0 radical (unpaired) electrons. The number of aromatic nitrogens is 1. The lowest BCUT2D eigenvalue weighted by Gasteiger charge is -2.37. The van der Waals surface area contributed by atoms with Crippen LogP contribution in [0, 0.1) is 12.7 Å². The van der Waals surface area contributed by atoms with Crippen molar-refractivity contribution in [1.29, 1.82) is 0 Å². The average Bonchev–Trinajstić information content (AvgIpc) is 3.53. The van der Waals surface area contributed by atoms with Gasteiger partial charge < -0.3 is 19.7 Å². The minimum Gasteiger partial charge on any atom is -0.368 e. The number of carbonyl (C=O) groups is 2. The molecule has 1 aromatic heterocycles. The minimum absolute atomic E-state index is 0.0123. The number of anilines is 1. The van der Waals surface area contributed by atoms with Crippen LogP contribution in [-0.4, -0.2) is 59.3 Å². The number of fused-ring (bicyclic) bond motifs is 2. The Hall–Kier alpha value is -4.91. The Balaban J connectivity index is 1.22. The zero-order chi connectivity index (χ0) is 28.8. The molecule has 210 valence electrons. The predicted molar refractivity (Wildman–Crippen MR) is 163 cm³/mol. The van der Waals surface area contributed by atoms with Crippen LogP contribution >= 0.6 is 0 Å². The third kappa shape index (κ3) is 4.51. The Morgan fingerprint density at radius 3 is 2.31 bits per heavy atom. The maximum Gasteiger partial charge on any atom is 0.255 e. The van der Waals surface area contributed by atoms with E-state index in [1.165, 1.54) is 17.7 Å². The molecule has 7 rings (SSSR count). The van der Waals surface area contributed by atoms with Crippen LogP contribution in [-0.2, 0) is 4.79 Å². The van der Waals surface area contributed by atoms with Gasteiger partial charge >= 0.3 is 0 Å². The van der Waals surface area contributed by atoms with Gasteiger partial charge in [-0.1, -0.05) is 66.2 Å². The number of para-hydroxylation sites is 1. The van der Waals surface area contributed by atoms with Crippen molar-refractivity contribution in [2.24, 2.45) is 0 Å². The molecular formula is C35H31FN4O2. The van der Waals surface area contributed by atoms with Crippen molar-refractivity contribution in [2.75, 3.05) is 37.6 Å². The number of piperazine rings is 1. The Morgan fingerprint density at radius 2 is 1.55 bits per heavy atom. The van der Waals surface area contributed by atoms with Crippen molar-refractivity contribution in [3.63, 3.8) is 0 Å². The highest BCUT2D eigenvalue weighted by Crippen LogP contribution is 2.45. The molecule has 7 heteroatoms. The van der Waals surface area contributed by atoms with Crippen LogP contribution in [0.4, 0.5) is 10.1 Å². The van der Waals surface area contributed by atoms with Crippen LogP contribution in [0.1, 0.15) is 33.1 Å². The van der Waals surface area contributed by atoms with Gasteiger partial charge in [0.25, 0.3) is 5.91 Å². The summed E-state index contributed by atoms with van der Waals surface area (Å²) in [4.78, 5) is 37.0. The predicted octanol–water partition coefficient (Wildman–Crippen LogP) is 6.18. The molecule has 2 aliphatic rings. The lowest BCUT2D eigenvalue weighted by molar-refractivity contribution is -0.132. The summed E-state index contributed by atoms with van der Waals surface area (Å²) in [6.45, 7) is 4.43. The number of nitrogens with zero attached hydrogens (tertiary/aromatic N) is 3. The molecule has 42 heavy (non-hydrogen) atoms. The maximum absolute atomic E-state index is 13.9. The summed E-state index contributed by atoms with van der Waals surface area (Å²) in [5.41, 5.74) is 7.64. The lowest BCUT2D eigenvalue weighted by Crippen LogP contribution is -2.51. The Labute approximate surface area is 244 Å². The van der Waals surface area contributed by atoms with E-state index in [1.807, 2.05) is 41.3 Å². The second-order valence-corrected chi connectivity index (χ2v) is 11.1. The number of aryl methyl sites for hydroxylation is 1. The van der Waals surface area contributed by atoms with Gasteiger partial charge in [0.1, 0.15) is 12.4 Å². The normalized spacial score (nSPS) is 16.8. The van der Waals surface area contributed by atoms with Crippen molar-refractivity contribution in [2.45, 2.75) is 13.0 Å². The maximum atomic E-state index is 13.9. The van der Waals surface area contributed by atoms with Gasteiger partial charge in [0.15, 0.2) is 0 Å². The number of carbonyl (C=O) groups excluding carboxylic acids is 2. The zero-order valence-corrected chi connectivity index (χ0v) is 23.4. The summed E-state index contributed by atoms with van der Waals surface area (Å²) < 4.78 is 13.4. The molecule has 0 saturated carbocycles. The first kappa shape index (κ1) is 26.0. The highest BCUT2D eigenvalue weighted by atomic mass is 19.1. The van der Waals surface area contributed by atoms with Crippen molar-refractivity contribution in [1.82, 2.24) is 14.8 Å². The first-order valence-corrected chi connectivity index (χ1v) is 14.3. The molecule has 1 N–H and O–H groups in total. The number of hydrogen-bond donors (Lipinski definition) is 1. The monoisotopic (exact) mass is 558 g/mol. The standard InChI is InChI=1S/C35H31FN4O2/c1-23-10-12-24(13-11-23)33-32(29-8-4-5-9-30(29)37-33)34-27-6-2-3-7-28(27)35(42)40(34)22-31(41)39-20-18-38(19-21-39)26-16-14-25(36)15-17-26/h2-17,34,37H,18-22H2,1H3/t34-/m0/s1. The smallest absolute Gasteiger partial charge is 0.255 e. The van der Waals surface area contributed by atoms with Crippen molar-refractivity contribution >= 4 is 28.4 Å². The van der Waals surface area contributed by atoms with E-state index in [2.05, 4.69) is 53.2 Å². The summed E-state index contributed by atoms with van der Waals surface area (Å²) >= 11 is 0. The van der Waals surface area contributed by atoms with E-state index in [4.69, 9.17) is 0 Å². The van der Waals surface area contributed by atoms with Gasteiger partial charge in [0.2, 0.25) is 5.91 Å². The average molecular weight is 559 g/mol. The molecule has 1 saturated heterocycles. The molecule has 2 aliphatic heterocycles. The summed E-state index contributed by atoms with van der Waals surface area (Å²) in [5, 5.41) is 1.04. The third-order valence-corrected chi connectivity index (χ3v) is 8.55. The van der Waals surface area contributed by atoms with Gasteiger partial charge in [-0.3, -0.25) is 9.59 Å². The number of benzene rings is 4. The van der Waals surface area contributed by atoms with Crippen LogP contribution in [0.2, 0.25) is 0 Å².